The van der Waals surface area contributed by atoms with Crippen LogP contribution in [0.1, 0.15) is 34.7 Å². The van der Waals surface area contributed by atoms with Crippen molar-refractivity contribution in [3.8, 4) is 5.75 Å². The van der Waals surface area contributed by atoms with Gasteiger partial charge in [0.15, 0.2) is 9.75 Å². The Bertz CT molecular complexity index is 1860. The van der Waals surface area contributed by atoms with E-state index in [1.165, 1.54) is 37.4 Å². The Morgan fingerprint density at radius 2 is 1.67 bits per heavy atom. The molecule has 0 bridgehead atoms. The van der Waals surface area contributed by atoms with Crippen molar-refractivity contribution in [2.45, 2.75) is 28.5 Å². The van der Waals surface area contributed by atoms with Gasteiger partial charge in [-0.15, -0.1) is 23.2 Å². The molecule has 4 amide bonds. The first-order valence-corrected chi connectivity index (χ1v) is 14.5. The minimum atomic E-state index is -2.03. The number of benzene rings is 3. The van der Waals surface area contributed by atoms with Crippen LogP contribution < -0.4 is 4.90 Å². The maximum Gasteiger partial charge on any atom is 0.335 e. The van der Waals surface area contributed by atoms with Gasteiger partial charge in [0.05, 0.1) is 23.1 Å². The summed E-state index contributed by atoms with van der Waals surface area (Å²) in [7, 11) is 1.31. The molecule has 3 aromatic rings. The van der Waals surface area contributed by atoms with Crippen LogP contribution in [0.2, 0.25) is 0 Å². The molecule has 9 nitrogen and oxygen atoms in total. The third kappa shape index (κ3) is 3.43. The smallest absolute Gasteiger partial charge is 0.335 e. The van der Waals surface area contributed by atoms with E-state index in [0.717, 1.165) is 15.2 Å². The molecule has 3 aromatic carbocycles. The van der Waals surface area contributed by atoms with Gasteiger partial charge in [-0.3, -0.25) is 29.0 Å². The van der Waals surface area contributed by atoms with Gasteiger partial charge < -0.3 is 10.2 Å². The number of carbonyl (C=O) groups excluding carboxylic acids is 4. The van der Waals surface area contributed by atoms with Gasteiger partial charge in [0, 0.05) is 18.5 Å². The Labute approximate surface area is 255 Å². The molecular formula is C32H24Cl2N2O7. The minimum Gasteiger partial charge on any atom is -0.508 e. The second-order valence-electron chi connectivity index (χ2n) is 11.6. The van der Waals surface area contributed by atoms with Crippen molar-refractivity contribution in [3.05, 3.63) is 83.4 Å². The van der Waals surface area contributed by atoms with Gasteiger partial charge in [-0.25, -0.2) is 4.79 Å². The maximum atomic E-state index is 14.1. The van der Waals surface area contributed by atoms with Crippen LogP contribution >= 0.6 is 23.2 Å². The number of aromatic hydroxyl groups is 1. The first-order chi connectivity index (χ1) is 20.4. The van der Waals surface area contributed by atoms with Crippen molar-refractivity contribution < 1.29 is 34.2 Å². The predicted molar refractivity (Wildman–Crippen MR) is 157 cm³/mol. The summed E-state index contributed by atoms with van der Waals surface area (Å²) in [6.07, 6.45) is 1.74. The number of halogens is 2. The number of hydrogen-bond donors (Lipinski definition) is 2. The maximum absolute atomic E-state index is 14.1. The van der Waals surface area contributed by atoms with Crippen LogP contribution in [-0.2, 0) is 19.2 Å². The summed E-state index contributed by atoms with van der Waals surface area (Å²) in [5, 5.41) is 22.2. The fraction of sp³-hybridized carbons (Fsp3) is 0.281. The number of imide groups is 2. The quantitative estimate of drug-likeness (QED) is 0.252. The van der Waals surface area contributed by atoms with Gasteiger partial charge >= 0.3 is 5.97 Å². The molecule has 2 heterocycles. The normalized spacial score (nSPS) is 31.7. The number of alkyl halides is 2. The van der Waals surface area contributed by atoms with Gasteiger partial charge in [-0.1, -0.05) is 48.0 Å². The van der Waals surface area contributed by atoms with Crippen molar-refractivity contribution in [1.29, 1.82) is 0 Å². The average Bonchev–Trinajstić information content (AvgIpc) is 3.32. The Morgan fingerprint density at radius 3 is 2.42 bits per heavy atom. The van der Waals surface area contributed by atoms with Crippen LogP contribution in [0, 0.1) is 17.8 Å². The number of aromatic carboxylic acids is 1. The summed E-state index contributed by atoms with van der Waals surface area (Å²) >= 11 is 14.5. The number of allylic oxidation sites excluding steroid dienone is 2. The average molecular weight is 619 g/mol. The molecule has 4 aliphatic rings. The monoisotopic (exact) mass is 618 g/mol. The van der Waals surface area contributed by atoms with Gasteiger partial charge in [0.1, 0.15) is 5.75 Å². The molecule has 6 atom stereocenters. The predicted octanol–water partition coefficient (Wildman–Crippen LogP) is 4.44. The molecule has 11 heteroatoms. The largest absolute Gasteiger partial charge is 0.508 e. The van der Waals surface area contributed by atoms with Crippen LogP contribution in [-0.4, -0.2) is 61.5 Å². The lowest BCUT2D eigenvalue weighted by Gasteiger charge is -2.51. The summed E-state index contributed by atoms with van der Waals surface area (Å²) in [6.45, 7) is 0. The Hall–Kier alpha value is -4.21. The lowest BCUT2D eigenvalue weighted by Crippen LogP contribution is -2.60. The molecule has 1 saturated carbocycles. The van der Waals surface area contributed by atoms with Gasteiger partial charge in [0.25, 0.3) is 11.8 Å². The number of carboxylic acids is 1. The summed E-state index contributed by atoms with van der Waals surface area (Å²) in [5.74, 6) is -7.47. The molecule has 2 saturated heterocycles. The molecular weight excluding hydrogens is 595 g/mol. The molecule has 0 spiro atoms. The van der Waals surface area contributed by atoms with Crippen molar-refractivity contribution in [3.63, 3.8) is 0 Å². The minimum absolute atomic E-state index is 0.0827. The zero-order valence-corrected chi connectivity index (χ0v) is 24.2. The SMILES string of the molecule is CN1C(=O)C2(Cl)CC3C(=CCC4C(=O)N(c5cccc(C(=O)O)c5)C(=O)C43)C(c3c(O)ccc4ccccc34)C2(Cl)C1=O. The number of fused-ring (bicyclic) bond motifs is 5. The molecule has 2 N–H and O–H groups in total. The number of anilines is 1. The third-order valence-corrected chi connectivity index (χ3v) is 11.0. The standard InChI is InChI=1S/C32H24Cl2N2O7/c1-35-29(42)31(33)14-21-19(25(32(31,34)30(35)43)24-18-8-3-2-5-15(18)9-12-22(24)37)10-11-20-23(21)27(39)36(26(20)38)17-7-4-6-16(13-17)28(40)41/h2-10,12-13,20-21,23,25,37H,11,14H2,1H3,(H,40,41). The van der Waals surface area contributed by atoms with Crippen LogP contribution in [0.4, 0.5) is 5.69 Å². The van der Waals surface area contributed by atoms with Crippen LogP contribution in [0.3, 0.4) is 0 Å². The van der Waals surface area contributed by atoms with E-state index in [-0.39, 0.29) is 29.8 Å². The van der Waals surface area contributed by atoms with E-state index in [1.807, 2.05) is 12.1 Å². The first kappa shape index (κ1) is 27.6. The van der Waals surface area contributed by atoms with Gasteiger partial charge in [-0.2, -0.15) is 0 Å². The molecule has 0 aromatic heterocycles. The van der Waals surface area contributed by atoms with Crippen molar-refractivity contribution in [1.82, 2.24) is 4.90 Å². The van der Waals surface area contributed by atoms with Crippen LogP contribution in [0.25, 0.3) is 10.8 Å². The zero-order valence-electron chi connectivity index (χ0n) is 22.7. The zero-order chi connectivity index (χ0) is 30.6. The van der Waals surface area contributed by atoms with Gasteiger partial charge in [-0.05, 0) is 53.8 Å². The number of carbonyl (C=O) groups is 5. The fourth-order valence-electron chi connectivity index (χ4n) is 7.68. The van der Waals surface area contributed by atoms with E-state index in [0.29, 0.717) is 16.5 Å². The fourth-order valence-corrected chi connectivity index (χ4v) is 8.68. The Morgan fingerprint density at radius 1 is 0.930 bits per heavy atom. The van der Waals surface area contributed by atoms with Crippen LogP contribution in [0.5, 0.6) is 5.75 Å². The van der Waals surface area contributed by atoms with Crippen molar-refractivity contribution in [2.75, 3.05) is 11.9 Å². The third-order valence-electron chi connectivity index (χ3n) is 9.60. The highest BCUT2D eigenvalue weighted by Gasteiger charge is 2.76. The molecule has 218 valence electrons. The lowest BCUT2D eigenvalue weighted by atomic mass is 9.56. The topological polar surface area (TPSA) is 132 Å². The van der Waals surface area contributed by atoms with E-state index >= 15 is 0 Å². The van der Waals surface area contributed by atoms with E-state index < -0.39 is 63.0 Å². The molecule has 7 rings (SSSR count). The summed E-state index contributed by atoms with van der Waals surface area (Å²) in [6, 6.07) is 16.0. The van der Waals surface area contributed by atoms with E-state index in [4.69, 9.17) is 23.2 Å². The summed E-state index contributed by atoms with van der Waals surface area (Å²) in [4.78, 5) is 64.9. The Kier molecular flexibility index (Phi) is 5.87. The first-order valence-electron chi connectivity index (χ1n) is 13.7. The number of nitrogens with zero attached hydrogens (tertiary/aromatic N) is 2. The summed E-state index contributed by atoms with van der Waals surface area (Å²) < 4.78 is 0. The number of hydrogen-bond acceptors (Lipinski definition) is 6. The van der Waals surface area contributed by atoms with Gasteiger partial charge in [0.2, 0.25) is 11.8 Å². The molecule has 0 radical (unpaired) electrons. The van der Waals surface area contributed by atoms with E-state index in [1.54, 1.807) is 24.3 Å². The number of carboxylic acid groups (broad SMARTS) is 1. The van der Waals surface area contributed by atoms with E-state index in [9.17, 15) is 34.2 Å². The Balaban J connectivity index is 1.43. The number of likely N-dealkylation sites (tertiary alicyclic amines) is 1. The second kappa shape index (κ2) is 9.14. The number of amides is 4. The molecule has 43 heavy (non-hydrogen) atoms. The molecule has 2 aliphatic heterocycles. The number of phenolic OH excluding ortho intramolecular Hbond substituents is 1. The van der Waals surface area contributed by atoms with Crippen molar-refractivity contribution in [2.24, 2.45) is 17.8 Å². The highest BCUT2D eigenvalue weighted by Crippen LogP contribution is 2.66. The van der Waals surface area contributed by atoms with Crippen LogP contribution in [0.15, 0.2) is 72.3 Å². The lowest BCUT2D eigenvalue weighted by molar-refractivity contribution is -0.138. The number of phenols is 1. The second-order valence-corrected chi connectivity index (χ2v) is 12.8. The molecule has 3 fully saturated rings. The van der Waals surface area contributed by atoms with E-state index in [2.05, 4.69) is 0 Å². The highest BCUT2D eigenvalue weighted by atomic mass is 35.5. The molecule has 6 unspecified atom stereocenters. The highest BCUT2D eigenvalue weighted by molar-refractivity contribution is 6.53. The molecule has 2 aliphatic carbocycles. The summed E-state index contributed by atoms with van der Waals surface area (Å²) in [5.41, 5.74) is 0.911. The van der Waals surface area contributed by atoms with Crippen molar-refractivity contribution >= 4 is 69.3 Å². The number of rotatable bonds is 3.